The van der Waals surface area contributed by atoms with Gasteiger partial charge in [0.05, 0.1) is 18.6 Å². The average molecular weight is 304 g/mol. The zero-order valence-electron chi connectivity index (χ0n) is 12.6. The first kappa shape index (κ1) is 17.2. The van der Waals surface area contributed by atoms with Crippen molar-refractivity contribution in [3.8, 4) is 0 Å². The van der Waals surface area contributed by atoms with Gasteiger partial charge in [-0.3, -0.25) is 0 Å². The van der Waals surface area contributed by atoms with E-state index in [2.05, 4.69) is 0 Å². The Morgan fingerprint density at radius 2 is 1.45 bits per heavy atom. The minimum atomic E-state index is -1.30. The molecular formula is C14H22F2O3Si. The predicted octanol–water partition coefficient (Wildman–Crippen LogP) is 2.31. The molecule has 0 aliphatic carbocycles. The second-order valence-corrected chi connectivity index (χ2v) is 5.58. The lowest BCUT2D eigenvalue weighted by Gasteiger charge is -2.36. The minimum absolute atomic E-state index is 0.127. The van der Waals surface area contributed by atoms with Crippen molar-refractivity contribution in [2.24, 2.45) is 0 Å². The number of hydrogen-bond acceptors (Lipinski definition) is 3. The third-order valence-electron chi connectivity index (χ3n) is 2.48. The smallest absolute Gasteiger partial charge is 0.277 e. The van der Waals surface area contributed by atoms with Gasteiger partial charge in [0.1, 0.15) is 11.6 Å². The van der Waals surface area contributed by atoms with Crippen molar-refractivity contribution >= 4 is 10.5 Å². The first-order valence-electron chi connectivity index (χ1n) is 6.62. The third kappa shape index (κ3) is 5.28. The van der Waals surface area contributed by atoms with Crippen LogP contribution in [0.4, 0.5) is 8.78 Å². The summed E-state index contributed by atoms with van der Waals surface area (Å²) in [5.41, 5.74) is 0.430. The number of benzene rings is 1. The highest BCUT2D eigenvalue weighted by atomic mass is 28.2. The Hall–Kier alpha value is -0.823. The summed E-state index contributed by atoms with van der Waals surface area (Å²) in [4.78, 5) is 0. The molecule has 0 fully saturated rings. The zero-order valence-corrected chi connectivity index (χ0v) is 14.6. The Labute approximate surface area is 121 Å². The number of hydrogen-bond donors (Lipinski definition) is 0. The molecule has 0 radical (unpaired) electrons. The summed E-state index contributed by atoms with van der Waals surface area (Å²) in [6, 6.07) is 3.34. The largest absolute Gasteiger partial charge is 0.380 e. The van der Waals surface area contributed by atoms with Crippen LogP contribution in [-0.2, 0) is 20.3 Å². The van der Waals surface area contributed by atoms with Crippen molar-refractivity contribution in [1.29, 1.82) is 0 Å². The van der Waals surface area contributed by atoms with Gasteiger partial charge >= 0.3 is 0 Å². The highest BCUT2D eigenvalue weighted by molar-refractivity contribution is 5.98. The Kier molecular flexibility index (Phi) is 6.26. The van der Waals surface area contributed by atoms with Gasteiger partial charge in [-0.15, -0.1) is 0 Å². The molecule has 0 spiro atoms. The van der Waals surface area contributed by atoms with Gasteiger partial charge in [-0.25, -0.2) is 8.78 Å². The van der Waals surface area contributed by atoms with E-state index >= 15 is 0 Å². The van der Waals surface area contributed by atoms with Gasteiger partial charge in [0.2, 0.25) is 0 Å². The maximum Gasteiger partial charge on any atom is 0.277 e. The van der Waals surface area contributed by atoms with E-state index in [1.807, 2.05) is 27.7 Å². The Morgan fingerprint density at radius 1 is 1.00 bits per heavy atom. The highest BCUT2D eigenvalue weighted by Crippen LogP contribution is 2.25. The van der Waals surface area contributed by atoms with E-state index in [9.17, 15) is 8.78 Å². The molecule has 0 bridgehead atoms. The van der Waals surface area contributed by atoms with Gasteiger partial charge in [0, 0.05) is 6.07 Å². The van der Waals surface area contributed by atoms with E-state index in [4.69, 9.17) is 13.9 Å². The van der Waals surface area contributed by atoms with E-state index < -0.39 is 17.6 Å². The van der Waals surface area contributed by atoms with Crippen molar-refractivity contribution in [2.75, 3.05) is 0 Å². The fraction of sp³-hybridized carbons (Fsp3) is 0.571. The van der Waals surface area contributed by atoms with Crippen LogP contribution >= 0.6 is 0 Å². The van der Waals surface area contributed by atoms with Gasteiger partial charge in [0.25, 0.3) is 5.97 Å². The van der Waals surface area contributed by atoms with Crippen LogP contribution in [-0.4, -0.2) is 28.7 Å². The number of ether oxygens (including phenoxy) is 2. The second-order valence-electron chi connectivity index (χ2n) is 5.17. The van der Waals surface area contributed by atoms with Crippen LogP contribution in [0.5, 0.6) is 0 Å². The molecule has 0 atom stereocenters. The molecule has 0 heterocycles. The van der Waals surface area contributed by atoms with Gasteiger partial charge < -0.3 is 13.9 Å². The number of halogens is 2. The van der Waals surface area contributed by atoms with Gasteiger partial charge in [0.15, 0.2) is 10.5 Å². The molecule has 0 saturated heterocycles. The molecule has 0 N–H and O–H groups in total. The molecule has 0 aromatic heterocycles. The average Bonchev–Trinajstić information content (AvgIpc) is 2.25. The topological polar surface area (TPSA) is 27.7 Å². The SMILES string of the molecule is CC(C)OC(Cc1cc(F)cc(F)c1)(O[SiH3])OC(C)C. The summed E-state index contributed by atoms with van der Waals surface area (Å²) in [6.07, 6.45) is -0.149. The normalized spacial score (nSPS) is 12.6. The first-order chi connectivity index (χ1) is 9.26. The maximum absolute atomic E-state index is 13.3. The van der Waals surface area contributed by atoms with Crippen LogP contribution in [0.15, 0.2) is 18.2 Å². The second kappa shape index (κ2) is 7.26. The molecule has 0 amide bonds. The molecule has 0 aliphatic heterocycles. The van der Waals surface area contributed by atoms with Crippen LogP contribution in [0.3, 0.4) is 0 Å². The van der Waals surface area contributed by atoms with Gasteiger partial charge in [-0.05, 0) is 45.4 Å². The molecule has 1 aromatic rings. The van der Waals surface area contributed by atoms with Crippen molar-refractivity contribution in [3.05, 3.63) is 35.4 Å². The van der Waals surface area contributed by atoms with Crippen LogP contribution in [0.2, 0.25) is 0 Å². The predicted molar refractivity (Wildman–Crippen MR) is 76.3 cm³/mol. The fourth-order valence-corrected chi connectivity index (χ4v) is 2.30. The molecule has 0 unspecified atom stereocenters. The van der Waals surface area contributed by atoms with E-state index in [-0.39, 0.29) is 18.6 Å². The van der Waals surface area contributed by atoms with Crippen molar-refractivity contribution < 1.29 is 22.7 Å². The third-order valence-corrected chi connectivity index (χ3v) is 3.11. The van der Waals surface area contributed by atoms with Crippen LogP contribution < -0.4 is 0 Å². The van der Waals surface area contributed by atoms with Crippen molar-refractivity contribution in [2.45, 2.75) is 52.3 Å². The number of rotatable bonds is 7. The summed E-state index contributed by atoms with van der Waals surface area (Å²) < 4.78 is 43.5. The van der Waals surface area contributed by atoms with Crippen molar-refractivity contribution in [3.63, 3.8) is 0 Å². The fourth-order valence-electron chi connectivity index (χ4n) is 1.96. The summed E-state index contributed by atoms with van der Waals surface area (Å²) in [5.74, 6) is -2.55. The van der Waals surface area contributed by atoms with Crippen LogP contribution in [0, 0.1) is 11.6 Å². The Balaban J connectivity index is 3.03. The van der Waals surface area contributed by atoms with E-state index in [1.54, 1.807) is 0 Å². The quantitative estimate of drug-likeness (QED) is 0.571. The monoisotopic (exact) mass is 304 g/mol. The zero-order chi connectivity index (χ0) is 15.3. The lowest BCUT2D eigenvalue weighted by molar-refractivity contribution is -0.365. The molecule has 114 valence electrons. The molecule has 6 heteroatoms. The molecular weight excluding hydrogens is 282 g/mol. The van der Waals surface area contributed by atoms with Crippen LogP contribution in [0.1, 0.15) is 33.3 Å². The lowest BCUT2D eigenvalue weighted by Crippen LogP contribution is -2.44. The summed E-state index contributed by atoms with van der Waals surface area (Å²) in [5, 5.41) is 0. The van der Waals surface area contributed by atoms with Crippen LogP contribution in [0.25, 0.3) is 0 Å². The molecule has 0 aliphatic rings. The Bertz CT molecular complexity index is 408. The maximum atomic E-state index is 13.3. The molecule has 1 rings (SSSR count). The first-order valence-corrected chi connectivity index (χ1v) is 7.44. The standard InChI is InChI=1S/C14H22F2O3Si/c1-9(2)17-14(19-20,18-10(3)4)8-11-5-12(15)7-13(16)6-11/h5-7,9-10H,8H2,1-4,20H3. The highest BCUT2D eigenvalue weighted by Gasteiger charge is 2.34. The summed E-state index contributed by atoms with van der Waals surface area (Å²) >= 11 is 0. The molecule has 20 heavy (non-hydrogen) atoms. The Morgan fingerprint density at radius 3 is 1.80 bits per heavy atom. The molecule has 0 saturated carbocycles. The molecule has 3 nitrogen and oxygen atoms in total. The lowest BCUT2D eigenvalue weighted by atomic mass is 10.1. The van der Waals surface area contributed by atoms with E-state index in [0.29, 0.717) is 16.0 Å². The van der Waals surface area contributed by atoms with Crippen molar-refractivity contribution in [1.82, 2.24) is 0 Å². The molecule has 1 aromatic carbocycles. The minimum Gasteiger partial charge on any atom is -0.380 e. The van der Waals surface area contributed by atoms with E-state index in [0.717, 1.165) is 6.07 Å². The van der Waals surface area contributed by atoms with Gasteiger partial charge in [-0.2, -0.15) is 0 Å². The van der Waals surface area contributed by atoms with E-state index in [1.165, 1.54) is 12.1 Å². The summed E-state index contributed by atoms with van der Waals surface area (Å²) in [7, 11) is 0.377. The van der Waals surface area contributed by atoms with Gasteiger partial charge in [-0.1, -0.05) is 0 Å². The summed E-state index contributed by atoms with van der Waals surface area (Å²) in [6.45, 7) is 7.41.